The van der Waals surface area contributed by atoms with Crippen LogP contribution in [0, 0.1) is 0 Å². The van der Waals surface area contributed by atoms with Crippen LogP contribution < -0.4 is 20.7 Å². The zero-order valence-electron chi connectivity index (χ0n) is 15.8. The summed E-state index contributed by atoms with van der Waals surface area (Å²) in [6, 6.07) is 26.6. The van der Waals surface area contributed by atoms with Crippen molar-refractivity contribution in [2.75, 3.05) is 14.2 Å². The standard InChI is InChI=1S/C23H26N2O2/c1-26-21-14-13-18(22(17-21)27-2)15-16-23(25-24,19-9-5-3-6-10-19)20-11-7-4-8-12-20/h3-14,17,25H,15-16,24H2,1-2H3. The zero-order chi connectivity index (χ0) is 19.1. The van der Waals surface area contributed by atoms with E-state index >= 15 is 0 Å². The highest BCUT2D eigenvalue weighted by atomic mass is 16.5. The van der Waals surface area contributed by atoms with E-state index in [1.54, 1.807) is 14.2 Å². The molecule has 0 unspecified atom stereocenters. The average molecular weight is 362 g/mol. The molecule has 0 saturated heterocycles. The fourth-order valence-electron chi connectivity index (χ4n) is 3.52. The minimum absolute atomic E-state index is 0.493. The molecule has 0 aromatic heterocycles. The Bertz CT molecular complexity index is 811. The summed E-state index contributed by atoms with van der Waals surface area (Å²) in [5, 5.41) is 0. The Labute approximate surface area is 160 Å². The molecule has 0 atom stereocenters. The maximum atomic E-state index is 6.15. The largest absolute Gasteiger partial charge is 0.497 e. The van der Waals surface area contributed by atoms with E-state index in [1.165, 1.54) is 0 Å². The topological polar surface area (TPSA) is 56.5 Å². The number of nitrogens with one attached hydrogen (secondary N) is 1. The third kappa shape index (κ3) is 3.97. The summed E-state index contributed by atoms with van der Waals surface area (Å²) in [6.07, 6.45) is 1.57. The molecular weight excluding hydrogens is 336 g/mol. The predicted molar refractivity (Wildman–Crippen MR) is 109 cm³/mol. The second kappa shape index (κ2) is 8.71. The van der Waals surface area contributed by atoms with Crippen LogP contribution in [0.2, 0.25) is 0 Å². The van der Waals surface area contributed by atoms with Gasteiger partial charge in [0.25, 0.3) is 0 Å². The number of methoxy groups -OCH3 is 2. The lowest BCUT2D eigenvalue weighted by atomic mass is 9.79. The van der Waals surface area contributed by atoms with Gasteiger partial charge < -0.3 is 9.47 Å². The first-order chi connectivity index (χ1) is 13.2. The summed E-state index contributed by atoms with van der Waals surface area (Å²) in [6.45, 7) is 0. The Balaban J connectivity index is 1.98. The first kappa shape index (κ1) is 19.0. The SMILES string of the molecule is COc1ccc(CCC(NN)(c2ccccc2)c2ccccc2)c(OC)c1. The van der Waals surface area contributed by atoms with Crippen molar-refractivity contribution in [2.24, 2.45) is 5.84 Å². The molecule has 0 fully saturated rings. The summed E-state index contributed by atoms with van der Waals surface area (Å²) >= 11 is 0. The van der Waals surface area contributed by atoms with Crippen LogP contribution in [-0.2, 0) is 12.0 Å². The third-order valence-electron chi connectivity index (χ3n) is 5.04. The van der Waals surface area contributed by atoms with Crippen molar-refractivity contribution in [3.63, 3.8) is 0 Å². The lowest BCUT2D eigenvalue weighted by molar-refractivity contribution is 0.369. The molecule has 0 spiro atoms. The molecule has 0 radical (unpaired) electrons. The van der Waals surface area contributed by atoms with Gasteiger partial charge in [-0.2, -0.15) is 0 Å². The summed E-state index contributed by atoms with van der Waals surface area (Å²) in [5.41, 5.74) is 6.00. The predicted octanol–water partition coefficient (Wildman–Crippen LogP) is 4.04. The Hall–Kier alpha value is -2.82. The molecule has 0 aliphatic carbocycles. The summed E-state index contributed by atoms with van der Waals surface area (Å²) < 4.78 is 10.9. The van der Waals surface area contributed by atoms with Gasteiger partial charge in [-0.1, -0.05) is 66.7 Å². The number of hydrogen-bond donors (Lipinski definition) is 2. The van der Waals surface area contributed by atoms with Gasteiger partial charge in [0, 0.05) is 6.07 Å². The number of hydrazine groups is 1. The second-order valence-corrected chi connectivity index (χ2v) is 6.46. The zero-order valence-corrected chi connectivity index (χ0v) is 15.8. The van der Waals surface area contributed by atoms with E-state index in [4.69, 9.17) is 15.3 Å². The van der Waals surface area contributed by atoms with Crippen LogP contribution in [-0.4, -0.2) is 14.2 Å². The van der Waals surface area contributed by atoms with Crippen molar-refractivity contribution in [3.05, 3.63) is 95.6 Å². The van der Waals surface area contributed by atoms with Crippen LogP contribution in [0.3, 0.4) is 0 Å². The van der Waals surface area contributed by atoms with E-state index in [-0.39, 0.29) is 0 Å². The highest BCUT2D eigenvalue weighted by molar-refractivity contribution is 5.43. The lowest BCUT2D eigenvalue weighted by Gasteiger charge is -2.35. The third-order valence-corrected chi connectivity index (χ3v) is 5.04. The first-order valence-corrected chi connectivity index (χ1v) is 9.03. The minimum Gasteiger partial charge on any atom is -0.497 e. The fourth-order valence-corrected chi connectivity index (χ4v) is 3.52. The highest BCUT2D eigenvalue weighted by Crippen LogP contribution is 2.35. The van der Waals surface area contributed by atoms with Gasteiger partial charge in [-0.25, -0.2) is 5.43 Å². The molecule has 4 nitrogen and oxygen atoms in total. The molecule has 3 aromatic rings. The van der Waals surface area contributed by atoms with Crippen LogP contribution in [0.5, 0.6) is 11.5 Å². The van der Waals surface area contributed by atoms with Gasteiger partial charge in [0.15, 0.2) is 0 Å². The van der Waals surface area contributed by atoms with Gasteiger partial charge in [0.05, 0.1) is 19.8 Å². The van der Waals surface area contributed by atoms with Crippen LogP contribution in [0.4, 0.5) is 0 Å². The second-order valence-electron chi connectivity index (χ2n) is 6.46. The van der Waals surface area contributed by atoms with E-state index in [0.29, 0.717) is 0 Å². The van der Waals surface area contributed by atoms with Crippen molar-refractivity contribution in [2.45, 2.75) is 18.4 Å². The van der Waals surface area contributed by atoms with Crippen LogP contribution >= 0.6 is 0 Å². The molecule has 0 aliphatic heterocycles. The quantitative estimate of drug-likeness (QED) is 0.469. The molecule has 0 aliphatic rings. The van der Waals surface area contributed by atoms with Crippen molar-refractivity contribution in [3.8, 4) is 11.5 Å². The van der Waals surface area contributed by atoms with Crippen molar-refractivity contribution in [1.29, 1.82) is 0 Å². The van der Waals surface area contributed by atoms with Gasteiger partial charge in [-0.15, -0.1) is 0 Å². The number of benzene rings is 3. The maximum absolute atomic E-state index is 6.15. The van der Waals surface area contributed by atoms with Gasteiger partial charge in [0.2, 0.25) is 0 Å². The van der Waals surface area contributed by atoms with Crippen LogP contribution in [0.1, 0.15) is 23.1 Å². The molecule has 0 heterocycles. The molecular formula is C23H26N2O2. The number of nitrogens with two attached hydrogens (primary N) is 1. The van der Waals surface area contributed by atoms with Gasteiger partial charge in [-0.05, 0) is 35.6 Å². The van der Waals surface area contributed by atoms with Crippen molar-refractivity contribution < 1.29 is 9.47 Å². The summed E-state index contributed by atoms with van der Waals surface area (Å²) in [4.78, 5) is 0. The van der Waals surface area contributed by atoms with Gasteiger partial charge >= 0.3 is 0 Å². The Morgan fingerprint density at radius 1 is 0.815 bits per heavy atom. The molecule has 3 rings (SSSR count). The van der Waals surface area contributed by atoms with E-state index in [0.717, 1.165) is 41.0 Å². The van der Waals surface area contributed by atoms with Gasteiger partial charge in [0.1, 0.15) is 11.5 Å². The Morgan fingerprint density at radius 3 is 1.89 bits per heavy atom. The van der Waals surface area contributed by atoms with Crippen LogP contribution in [0.15, 0.2) is 78.9 Å². The summed E-state index contributed by atoms with van der Waals surface area (Å²) in [5.74, 6) is 7.75. The molecule has 0 amide bonds. The minimum atomic E-state index is -0.493. The number of aryl methyl sites for hydroxylation is 1. The van der Waals surface area contributed by atoms with E-state index in [1.807, 2.05) is 48.5 Å². The molecule has 4 heteroatoms. The molecule has 27 heavy (non-hydrogen) atoms. The van der Waals surface area contributed by atoms with Crippen molar-refractivity contribution >= 4 is 0 Å². The normalized spacial score (nSPS) is 11.2. The molecule has 3 aromatic carbocycles. The smallest absolute Gasteiger partial charge is 0.125 e. The van der Waals surface area contributed by atoms with Crippen LogP contribution in [0.25, 0.3) is 0 Å². The fraction of sp³-hybridized carbons (Fsp3) is 0.217. The van der Waals surface area contributed by atoms with E-state index < -0.39 is 5.54 Å². The van der Waals surface area contributed by atoms with E-state index in [9.17, 15) is 0 Å². The Kier molecular flexibility index (Phi) is 6.12. The number of ether oxygens (including phenoxy) is 2. The highest BCUT2D eigenvalue weighted by Gasteiger charge is 2.33. The average Bonchev–Trinajstić information content (AvgIpc) is 2.76. The van der Waals surface area contributed by atoms with Crippen molar-refractivity contribution in [1.82, 2.24) is 5.43 Å². The number of hydrogen-bond acceptors (Lipinski definition) is 4. The molecule has 0 saturated carbocycles. The lowest BCUT2D eigenvalue weighted by Crippen LogP contribution is -2.48. The Morgan fingerprint density at radius 2 is 1.41 bits per heavy atom. The molecule has 3 N–H and O–H groups in total. The molecule has 0 bridgehead atoms. The number of rotatable bonds is 8. The maximum Gasteiger partial charge on any atom is 0.125 e. The molecule has 140 valence electrons. The van der Waals surface area contributed by atoms with Gasteiger partial charge in [-0.3, -0.25) is 5.84 Å². The summed E-state index contributed by atoms with van der Waals surface area (Å²) in [7, 11) is 3.34. The monoisotopic (exact) mass is 362 g/mol. The van der Waals surface area contributed by atoms with E-state index in [2.05, 4.69) is 35.8 Å². The first-order valence-electron chi connectivity index (χ1n) is 9.03.